The van der Waals surface area contributed by atoms with Gasteiger partial charge in [0.2, 0.25) is 0 Å². The van der Waals surface area contributed by atoms with Gasteiger partial charge in [0.25, 0.3) is 0 Å². The van der Waals surface area contributed by atoms with Crippen LogP contribution < -0.4 is 5.32 Å². The van der Waals surface area contributed by atoms with Crippen LogP contribution in [0.25, 0.3) is 32.7 Å². The van der Waals surface area contributed by atoms with E-state index in [9.17, 15) is 0 Å². The van der Waals surface area contributed by atoms with Crippen LogP contribution in [-0.4, -0.2) is 24.5 Å². The average Bonchev–Trinajstić information content (AvgIpc) is 3.40. The zero-order valence-electron chi connectivity index (χ0n) is 17.4. The zero-order valence-corrected chi connectivity index (χ0v) is 18.9. The molecular weight excluding hydrogens is 455 g/mol. The lowest BCUT2D eigenvalue weighted by Crippen LogP contribution is -2.02. The van der Waals surface area contributed by atoms with Crippen LogP contribution in [0.15, 0.2) is 73.6 Å². The van der Waals surface area contributed by atoms with E-state index >= 15 is 0 Å². The summed E-state index contributed by atoms with van der Waals surface area (Å²) in [5.74, 6) is 0.834. The normalized spacial score (nSPS) is 11.6. The lowest BCUT2D eigenvalue weighted by molar-refractivity contribution is 0.811. The summed E-state index contributed by atoms with van der Waals surface area (Å²) >= 11 is 12.3. The average molecular weight is 473 g/mol. The minimum absolute atomic E-state index is 0.597. The van der Waals surface area contributed by atoms with Gasteiger partial charge in [-0.15, -0.1) is 0 Å². The molecule has 0 amide bonds. The van der Waals surface area contributed by atoms with Crippen LogP contribution in [0.3, 0.4) is 0 Å². The summed E-state index contributed by atoms with van der Waals surface area (Å²) in [7, 11) is 0. The number of aromatic nitrogens is 5. The molecule has 0 spiro atoms. The van der Waals surface area contributed by atoms with Crippen molar-refractivity contribution < 1.29 is 0 Å². The van der Waals surface area contributed by atoms with Gasteiger partial charge in [-0.3, -0.25) is 4.98 Å². The van der Waals surface area contributed by atoms with Gasteiger partial charge in [-0.1, -0.05) is 29.3 Å². The smallest absolute Gasteiger partial charge is 0.138 e. The van der Waals surface area contributed by atoms with Crippen molar-refractivity contribution in [3.05, 3.63) is 94.8 Å². The van der Waals surface area contributed by atoms with Crippen molar-refractivity contribution in [1.82, 2.24) is 24.5 Å². The van der Waals surface area contributed by atoms with Gasteiger partial charge in [0.05, 0.1) is 15.6 Å². The van der Waals surface area contributed by atoms with Crippen molar-refractivity contribution in [2.75, 3.05) is 5.32 Å². The third-order valence-corrected chi connectivity index (χ3v) is 6.22. The number of aromatic amines is 1. The van der Waals surface area contributed by atoms with Gasteiger partial charge >= 0.3 is 0 Å². The number of rotatable bonds is 5. The second-order valence-electron chi connectivity index (χ2n) is 8.00. The van der Waals surface area contributed by atoms with Crippen molar-refractivity contribution in [3.63, 3.8) is 0 Å². The molecule has 6 rings (SSSR count). The van der Waals surface area contributed by atoms with Gasteiger partial charge in [-0.05, 0) is 41.5 Å². The quantitative estimate of drug-likeness (QED) is 0.303. The summed E-state index contributed by atoms with van der Waals surface area (Å²) < 4.78 is 2.17. The van der Waals surface area contributed by atoms with Crippen LogP contribution in [0.2, 0.25) is 10.0 Å². The van der Waals surface area contributed by atoms with E-state index in [1.165, 1.54) is 5.56 Å². The molecule has 162 valence electrons. The summed E-state index contributed by atoms with van der Waals surface area (Å²) in [6, 6.07) is 12.3. The first-order chi connectivity index (χ1) is 16.1. The molecule has 0 aliphatic heterocycles. The maximum atomic E-state index is 6.23. The molecule has 0 saturated carbocycles. The summed E-state index contributed by atoms with van der Waals surface area (Å²) in [6.07, 6.45) is 11.3. The fraction of sp³-hybridized carbons (Fsp3) is 0.0800. The molecule has 33 heavy (non-hydrogen) atoms. The number of nitrogens with zero attached hydrogens (tertiary/aromatic N) is 4. The number of anilines is 1. The molecule has 1 aromatic carbocycles. The number of pyridine rings is 3. The fourth-order valence-corrected chi connectivity index (χ4v) is 4.48. The monoisotopic (exact) mass is 472 g/mol. The minimum Gasteiger partial charge on any atom is -0.365 e. The van der Waals surface area contributed by atoms with Crippen LogP contribution in [0, 0.1) is 0 Å². The van der Waals surface area contributed by atoms with Crippen molar-refractivity contribution in [2.24, 2.45) is 0 Å². The molecule has 0 aliphatic carbocycles. The van der Waals surface area contributed by atoms with E-state index in [0.29, 0.717) is 16.6 Å². The predicted molar refractivity (Wildman–Crippen MR) is 134 cm³/mol. The first-order valence-electron chi connectivity index (χ1n) is 10.5. The van der Waals surface area contributed by atoms with Crippen molar-refractivity contribution in [2.45, 2.75) is 13.1 Å². The highest BCUT2D eigenvalue weighted by Crippen LogP contribution is 2.26. The fourth-order valence-electron chi connectivity index (χ4n) is 4.11. The first kappa shape index (κ1) is 20.0. The second-order valence-corrected chi connectivity index (χ2v) is 8.85. The molecule has 0 radical (unpaired) electrons. The largest absolute Gasteiger partial charge is 0.365 e. The molecule has 0 aliphatic rings. The topological polar surface area (TPSA) is 71.4 Å². The molecule has 8 heteroatoms. The third-order valence-electron chi connectivity index (χ3n) is 5.70. The van der Waals surface area contributed by atoms with Gasteiger partial charge in [-0.2, -0.15) is 0 Å². The van der Waals surface area contributed by atoms with E-state index in [1.807, 2.05) is 36.7 Å². The number of halogens is 2. The molecular formula is C25H18Cl2N6. The molecule has 2 N–H and O–H groups in total. The van der Waals surface area contributed by atoms with Gasteiger partial charge in [0.1, 0.15) is 11.5 Å². The summed E-state index contributed by atoms with van der Waals surface area (Å²) in [6.45, 7) is 1.34. The Kier molecular flexibility index (Phi) is 4.89. The number of fused-ring (bicyclic) bond motifs is 3. The van der Waals surface area contributed by atoms with E-state index in [-0.39, 0.29) is 0 Å². The molecule has 5 aromatic heterocycles. The van der Waals surface area contributed by atoms with Crippen molar-refractivity contribution in [3.8, 4) is 0 Å². The van der Waals surface area contributed by atoms with E-state index in [1.54, 1.807) is 12.4 Å². The molecule has 0 saturated heterocycles. The van der Waals surface area contributed by atoms with Gasteiger partial charge < -0.3 is 14.9 Å². The molecule has 0 unspecified atom stereocenters. The molecule has 5 heterocycles. The van der Waals surface area contributed by atoms with Crippen molar-refractivity contribution in [1.29, 1.82) is 0 Å². The Bertz CT molecular complexity index is 1640. The van der Waals surface area contributed by atoms with Gasteiger partial charge in [-0.25, -0.2) is 9.97 Å². The minimum atomic E-state index is 0.597. The lowest BCUT2D eigenvalue weighted by atomic mass is 10.1. The van der Waals surface area contributed by atoms with E-state index < -0.39 is 0 Å². The highest BCUT2D eigenvalue weighted by Gasteiger charge is 2.09. The standard InChI is InChI=1S/C25H18Cl2N6/c26-19-7-18-5-15(1-2-23(18)29-10-19)12-33-13-17-3-4-28-25(21(17)14-33)31-9-16-6-20-22(27)11-32-24(20)30-8-16/h1-8,10-11,13-14H,9,12H2,(H,28,31)(H,30,32). The highest BCUT2D eigenvalue weighted by atomic mass is 35.5. The Morgan fingerprint density at radius 1 is 0.879 bits per heavy atom. The maximum absolute atomic E-state index is 6.23. The van der Waals surface area contributed by atoms with Crippen LogP contribution in [0.4, 0.5) is 5.82 Å². The van der Waals surface area contributed by atoms with E-state index in [4.69, 9.17) is 23.2 Å². The predicted octanol–water partition coefficient (Wildman–Crippen LogP) is 6.43. The summed E-state index contributed by atoms with van der Waals surface area (Å²) in [4.78, 5) is 16.4. The Hall–Kier alpha value is -3.61. The number of hydrogen-bond acceptors (Lipinski definition) is 4. The molecule has 6 aromatic rings. The first-order valence-corrected chi connectivity index (χ1v) is 11.2. The number of nitrogens with one attached hydrogen (secondary N) is 2. The Labute approximate surface area is 199 Å². The van der Waals surface area contributed by atoms with Crippen LogP contribution in [0.1, 0.15) is 11.1 Å². The van der Waals surface area contributed by atoms with Crippen molar-refractivity contribution >= 4 is 61.7 Å². The zero-order chi connectivity index (χ0) is 22.4. The Morgan fingerprint density at radius 2 is 1.82 bits per heavy atom. The van der Waals surface area contributed by atoms with E-state index in [0.717, 1.165) is 50.6 Å². The van der Waals surface area contributed by atoms with Gasteiger partial charge in [0, 0.05) is 71.8 Å². The number of H-pyrrole nitrogens is 1. The molecule has 0 atom stereocenters. The van der Waals surface area contributed by atoms with Crippen LogP contribution >= 0.6 is 23.2 Å². The molecule has 0 bridgehead atoms. The molecule has 6 nitrogen and oxygen atoms in total. The van der Waals surface area contributed by atoms with Crippen LogP contribution in [-0.2, 0) is 13.1 Å². The number of hydrogen-bond donors (Lipinski definition) is 2. The summed E-state index contributed by atoms with van der Waals surface area (Å²) in [5, 5.41) is 8.90. The lowest BCUT2D eigenvalue weighted by Gasteiger charge is -2.07. The van der Waals surface area contributed by atoms with Crippen LogP contribution in [0.5, 0.6) is 0 Å². The van der Waals surface area contributed by atoms with Gasteiger partial charge in [0.15, 0.2) is 0 Å². The van der Waals surface area contributed by atoms with E-state index in [2.05, 4.69) is 54.3 Å². The summed E-state index contributed by atoms with van der Waals surface area (Å²) in [5.41, 5.74) is 3.93. The SMILES string of the molecule is Clc1cnc2ccc(Cn3cc4ccnc(NCc5cnc6[nH]cc(Cl)c6c5)c4c3)cc2c1. The Balaban J connectivity index is 1.25. The highest BCUT2D eigenvalue weighted by molar-refractivity contribution is 6.35. The second kappa shape index (κ2) is 8.06. The Morgan fingerprint density at radius 3 is 2.76 bits per heavy atom. The maximum Gasteiger partial charge on any atom is 0.138 e. The molecule has 0 fully saturated rings. The third kappa shape index (κ3) is 3.88. The number of benzene rings is 1.